The lowest BCUT2D eigenvalue weighted by Crippen LogP contribution is -2.61. The van der Waals surface area contributed by atoms with E-state index in [2.05, 4.69) is 412 Å². The second-order valence-corrected chi connectivity index (χ2v) is 52.4. The van der Waals surface area contributed by atoms with Gasteiger partial charge < -0.3 is 18.6 Å². The molecule has 0 amide bonds. The van der Waals surface area contributed by atoms with Crippen LogP contribution in [0, 0.1) is 6.92 Å². The van der Waals surface area contributed by atoms with E-state index in [1.165, 1.54) is 173 Å². The van der Waals surface area contributed by atoms with Crippen LogP contribution in [0.2, 0.25) is 0 Å². The normalized spacial score (nSPS) is 20.0. The van der Waals surface area contributed by atoms with Gasteiger partial charge in [0, 0.05) is 78.6 Å². The van der Waals surface area contributed by atoms with Crippen molar-refractivity contribution in [3.05, 3.63) is 247 Å². The third kappa shape index (κ3) is 13.6. The van der Waals surface area contributed by atoms with Crippen LogP contribution in [0.4, 0.5) is 68.6 Å². The summed E-state index contributed by atoms with van der Waals surface area (Å²) in [7, 11) is 0. The molecular weight excluding hydrogens is 1560 g/mol. The van der Waals surface area contributed by atoms with Gasteiger partial charge in [-0.15, -0.1) is 0 Å². The number of fused-ring (bicyclic) bond motifs is 16. The van der Waals surface area contributed by atoms with E-state index >= 15 is 0 Å². The summed E-state index contributed by atoms with van der Waals surface area (Å²) in [6.07, 6.45) is 10.8. The molecule has 6 nitrogen and oxygen atoms in total. The third-order valence-corrected chi connectivity index (χ3v) is 34.3. The maximum Gasteiger partial charge on any atom is 0.257 e. The molecule has 1 atom stereocenters. The van der Waals surface area contributed by atoms with E-state index in [1.54, 1.807) is 0 Å². The molecule has 0 saturated heterocycles. The summed E-state index contributed by atoms with van der Waals surface area (Å²) in [5.74, 6) is 1.89. The SMILES string of the molecule is Cc1cc(C(C)(C)C)ccc1N1c2ccc(C(C)(C)C)cc2B2c3c1cc(C(C)(C)CCC1(C)CCC(C)(C)c4cc5oc6c(c5cc41)B1c4cc(C(C)(C)C)ccc4N(c4ccc(C(C)(C)C)cc4)c4cc(C(C)(C)C)cc(c41)N6c1ccc4c(c1)C(C)(C)CCC4(C)C)cc3N(c1ccc3c(c1)C(C)(C)CCC3(C)C)c1oc3cc4c(cc3c12)C(C)(C)CCC4(C)C. The molecule has 0 spiro atoms. The van der Waals surface area contributed by atoms with Crippen LogP contribution in [0.15, 0.2) is 173 Å². The molecule has 2 aromatic heterocycles. The lowest BCUT2D eigenvalue weighted by Gasteiger charge is -2.46. The first-order valence-electron chi connectivity index (χ1n) is 49.4. The zero-order valence-electron chi connectivity index (χ0n) is 84.9. The highest BCUT2D eigenvalue weighted by Crippen LogP contribution is 2.60. The molecule has 0 fully saturated rings. The monoisotopic (exact) mass is 1710 g/mol. The predicted octanol–water partition coefficient (Wildman–Crippen LogP) is 30.3. The number of rotatable bonds is 8. The predicted molar refractivity (Wildman–Crippen MR) is 556 cm³/mol. The number of aryl methyl sites for hydroxylation is 1. The standard InChI is InChI=1S/C121H146B2N4O2/c1-71-58-73(109(5,6)7)36-45-93(71)127-95-47-38-75(111(11,12)13)60-92(95)123-102-81-67-87-88(119(29,30)53-52-118(87,27)28)69-100(81)128-106(102)126(80-42-44-84-86(66-80)117(25,26)51-49-115(84,21)22)98-63-77(64-99(127)105(98)123)113(17,18)54-56-121(33)57-55-120(31,32)89-70-101-82(68-90(89)121)103-107(129-101)125(79-41-43-83-85(65-79)116(23,24)50-48-114(83,19)20)97-62-76(112(14,15)16)61-96-104(97)122(103)91-59-74(110(8,9)10)37-46-94(91)124(96)78-39-34-72(35-40-78)108(2,3)4/h34-47,58-70H,48-57H2,1-33H3. The van der Waals surface area contributed by atoms with Gasteiger partial charge in [0.15, 0.2) is 0 Å². The lowest BCUT2D eigenvalue weighted by molar-refractivity contribution is 0.272. The Balaban J connectivity index is 0.811. The zero-order chi connectivity index (χ0) is 92.4. The van der Waals surface area contributed by atoms with Crippen molar-refractivity contribution >= 4 is 137 Å². The van der Waals surface area contributed by atoms with Gasteiger partial charge in [0.05, 0.1) is 0 Å². The number of benzene rings is 10. The number of hydrogen-bond acceptors (Lipinski definition) is 6. The number of furan rings is 2. The fourth-order valence-corrected chi connectivity index (χ4v) is 24.8. The van der Waals surface area contributed by atoms with Gasteiger partial charge in [-0.25, -0.2) is 0 Å². The van der Waals surface area contributed by atoms with Crippen LogP contribution in [-0.4, -0.2) is 13.4 Å². The Labute approximate surface area is 775 Å². The Morgan fingerprint density at radius 2 is 0.597 bits per heavy atom. The minimum atomic E-state index is -0.359. The Morgan fingerprint density at radius 3 is 1.02 bits per heavy atom. The van der Waals surface area contributed by atoms with Crippen molar-refractivity contribution in [1.82, 2.24) is 0 Å². The Bertz CT molecular complexity index is 6720. The molecule has 0 radical (unpaired) electrons. The smallest absolute Gasteiger partial charge is 0.257 e. The van der Waals surface area contributed by atoms with Gasteiger partial charge >= 0.3 is 0 Å². The molecule has 0 N–H and O–H groups in total. The molecule has 668 valence electrons. The maximum atomic E-state index is 8.10. The van der Waals surface area contributed by atoms with Crippen LogP contribution >= 0.6 is 0 Å². The number of hydrogen-bond donors (Lipinski definition) is 0. The van der Waals surface area contributed by atoms with Crippen LogP contribution in [-0.2, 0) is 75.8 Å². The molecule has 1 unspecified atom stereocenters. The van der Waals surface area contributed by atoms with Crippen LogP contribution < -0.4 is 52.4 Å². The second kappa shape index (κ2) is 27.9. The lowest BCUT2D eigenvalue weighted by atomic mass is 9.33. The average molecular weight is 1710 g/mol. The van der Waals surface area contributed by atoms with Crippen LogP contribution in [0.3, 0.4) is 0 Å². The highest BCUT2D eigenvalue weighted by molar-refractivity contribution is 7.02. The number of anilines is 12. The summed E-state index contributed by atoms with van der Waals surface area (Å²) in [5, 5.41) is 2.46. The van der Waals surface area contributed by atoms with Crippen molar-refractivity contribution in [1.29, 1.82) is 0 Å². The topological polar surface area (TPSA) is 39.2 Å². The molecule has 6 heterocycles. The summed E-state index contributed by atoms with van der Waals surface area (Å²) < 4.78 is 16.1. The second-order valence-electron chi connectivity index (χ2n) is 52.4. The minimum Gasteiger partial charge on any atom is -0.440 e. The van der Waals surface area contributed by atoms with E-state index in [-0.39, 0.29) is 89.2 Å². The molecule has 4 aliphatic heterocycles. The molecule has 4 aliphatic carbocycles. The summed E-state index contributed by atoms with van der Waals surface area (Å²) >= 11 is 0. The highest BCUT2D eigenvalue weighted by atomic mass is 16.4. The average Bonchev–Trinajstić information content (AvgIpc) is 1.67. The first kappa shape index (κ1) is 87.6. The Kier molecular flexibility index (Phi) is 18.9. The van der Waals surface area contributed by atoms with Crippen molar-refractivity contribution in [3.8, 4) is 0 Å². The molecule has 129 heavy (non-hydrogen) atoms. The van der Waals surface area contributed by atoms with Gasteiger partial charge in [-0.2, -0.15) is 0 Å². The van der Waals surface area contributed by atoms with E-state index in [1.807, 2.05) is 0 Å². The first-order chi connectivity index (χ1) is 59.8. The fourth-order valence-electron chi connectivity index (χ4n) is 24.8. The fraction of sp³-hybridized carbons (Fsp3) is 0.471. The molecular formula is C121H146B2N4O2. The van der Waals surface area contributed by atoms with Gasteiger partial charge in [-0.1, -0.05) is 282 Å². The molecule has 12 aromatic rings. The molecule has 8 heteroatoms. The van der Waals surface area contributed by atoms with Gasteiger partial charge in [0.2, 0.25) is 11.8 Å². The largest absolute Gasteiger partial charge is 0.440 e. The highest BCUT2D eigenvalue weighted by Gasteiger charge is 2.54. The van der Waals surface area contributed by atoms with E-state index in [0.717, 1.165) is 98.5 Å². The van der Waals surface area contributed by atoms with Gasteiger partial charge in [-0.05, 0) is 355 Å². The quantitative estimate of drug-likeness (QED) is 0.141. The summed E-state index contributed by atoms with van der Waals surface area (Å²) in [6.45, 7) is 80.3. The van der Waals surface area contributed by atoms with Crippen molar-refractivity contribution in [2.45, 2.75) is 369 Å². The van der Waals surface area contributed by atoms with Crippen LogP contribution in [0.5, 0.6) is 0 Å². The maximum absolute atomic E-state index is 8.10. The van der Waals surface area contributed by atoms with E-state index in [4.69, 9.17) is 8.83 Å². The summed E-state index contributed by atoms with van der Waals surface area (Å²) in [4.78, 5) is 10.6. The van der Waals surface area contributed by atoms with Crippen molar-refractivity contribution in [2.24, 2.45) is 0 Å². The van der Waals surface area contributed by atoms with Gasteiger partial charge in [0.25, 0.3) is 13.4 Å². The van der Waals surface area contributed by atoms with Crippen molar-refractivity contribution in [2.75, 3.05) is 19.6 Å². The molecule has 10 aromatic carbocycles. The molecule has 20 rings (SSSR count). The van der Waals surface area contributed by atoms with Gasteiger partial charge in [-0.3, -0.25) is 9.80 Å². The zero-order valence-corrected chi connectivity index (χ0v) is 84.9. The van der Waals surface area contributed by atoms with Crippen LogP contribution in [0.1, 0.15) is 369 Å². The van der Waals surface area contributed by atoms with E-state index in [0.29, 0.717) is 0 Å². The first-order valence-corrected chi connectivity index (χ1v) is 49.4. The third-order valence-electron chi connectivity index (χ3n) is 34.3. The summed E-state index contributed by atoms with van der Waals surface area (Å²) in [5.41, 5.74) is 41.5. The molecule has 0 bridgehead atoms. The molecule has 0 saturated carbocycles. The van der Waals surface area contributed by atoms with Gasteiger partial charge in [0.1, 0.15) is 11.2 Å². The van der Waals surface area contributed by atoms with E-state index in [9.17, 15) is 0 Å². The van der Waals surface area contributed by atoms with Crippen LogP contribution in [0.25, 0.3) is 21.9 Å². The van der Waals surface area contributed by atoms with Crippen molar-refractivity contribution < 1.29 is 8.83 Å². The Morgan fingerprint density at radius 1 is 0.271 bits per heavy atom. The molecule has 8 aliphatic rings. The minimum absolute atomic E-state index is 0.00960. The summed E-state index contributed by atoms with van der Waals surface area (Å²) in [6, 6.07) is 68.1. The van der Waals surface area contributed by atoms with Crippen molar-refractivity contribution in [3.63, 3.8) is 0 Å². The Hall–Kier alpha value is -9.39. The number of nitrogens with zero attached hydrogens (tertiary/aromatic N) is 4. The van der Waals surface area contributed by atoms with E-state index < -0.39 is 0 Å².